The van der Waals surface area contributed by atoms with Crippen molar-refractivity contribution in [2.75, 3.05) is 26.3 Å². The van der Waals surface area contributed by atoms with Crippen molar-refractivity contribution >= 4 is 0 Å². The van der Waals surface area contributed by atoms with Crippen LogP contribution in [0.3, 0.4) is 0 Å². The summed E-state index contributed by atoms with van der Waals surface area (Å²) in [5, 5.41) is 21.7. The fraction of sp³-hybridized carbons (Fsp3) is 0.250. The molecule has 0 aliphatic heterocycles. The van der Waals surface area contributed by atoms with E-state index >= 15 is 0 Å². The smallest absolute Gasteiger partial charge is 0.119 e. The van der Waals surface area contributed by atoms with Gasteiger partial charge in [0.15, 0.2) is 0 Å². The Labute approximate surface area is 273 Å². The Morgan fingerprint density at radius 3 is 0.913 bits per heavy atom. The molecule has 5 aromatic carbocycles. The molecule has 0 bridgehead atoms. The molecule has 0 saturated heterocycles. The van der Waals surface area contributed by atoms with E-state index in [1.54, 1.807) is 0 Å². The maximum absolute atomic E-state index is 10.9. The molecule has 6 heteroatoms. The van der Waals surface area contributed by atoms with Crippen LogP contribution in [-0.4, -0.2) is 58.5 Å². The topological polar surface area (TPSA) is 65.4 Å². The lowest BCUT2D eigenvalue weighted by Crippen LogP contribution is -2.35. The molecule has 2 N–H and O–H groups in total. The van der Waals surface area contributed by atoms with Crippen LogP contribution in [0.2, 0.25) is 0 Å². The Morgan fingerprint density at radius 1 is 0.391 bits per heavy atom. The van der Waals surface area contributed by atoms with E-state index in [9.17, 15) is 10.2 Å². The van der Waals surface area contributed by atoms with Crippen LogP contribution in [0.25, 0.3) is 0 Å². The van der Waals surface area contributed by atoms with E-state index in [0.29, 0.717) is 24.6 Å². The van der Waals surface area contributed by atoms with E-state index in [2.05, 4.69) is 58.3 Å². The number of rotatable bonds is 18. The zero-order valence-electron chi connectivity index (χ0n) is 26.3. The molecule has 0 aromatic heterocycles. The summed E-state index contributed by atoms with van der Waals surface area (Å²) < 4.78 is 11.9. The van der Waals surface area contributed by atoms with Crippen LogP contribution < -0.4 is 9.47 Å². The number of hydrogen-bond acceptors (Lipinski definition) is 6. The van der Waals surface area contributed by atoms with Crippen LogP contribution in [0, 0.1) is 0 Å². The van der Waals surface area contributed by atoms with Gasteiger partial charge in [-0.05, 0) is 46.5 Å². The highest BCUT2D eigenvalue weighted by molar-refractivity contribution is 5.31. The lowest BCUT2D eigenvalue weighted by molar-refractivity contribution is 0.0615. The maximum Gasteiger partial charge on any atom is 0.119 e. The molecule has 238 valence electrons. The minimum atomic E-state index is -0.659. The van der Waals surface area contributed by atoms with Crippen LogP contribution in [0.1, 0.15) is 22.3 Å². The van der Waals surface area contributed by atoms with Gasteiger partial charge in [-0.2, -0.15) is 0 Å². The van der Waals surface area contributed by atoms with Crippen LogP contribution in [0.4, 0.5) is 0 Å². The van der Waals surface area contributed by atoms with Gasteiger partial charge in [0, 0.05) is 39.3 Å². The van der Waals surface area contributed by atoms with Crippen molar-refractivity contribution < 1.29 is 19.7 Å². The second-order valence-electron chi connectivity index (χ2n) is 11.7. The van der Waals surface area contributed by atoms with Gasteiger partial charge >= 0.3 is 0 Å². The predicted octanol–water partition coefficient (Wildman–Crippen LogP) is 6.57. The van der Waals surface area contributed by atoms with Crippen molar-refractivity contribution in [2.24, 2.45) is 0 Å². The molecule has 0 heterocycles. The van der Waals surface area contributed by atoms with Gasteiger partial charge in [-0.3, -0.25) is 9.80 Å². The Kier molecular flexibility index (Phi) is 12.8. The van der Waals surface area contributed by atoms with Gasteiger partial charge in [-0.15, -0.1) is 0 Å². The molecule has 5 rings (SSSR count). The van der Waals surface area contributed by atoms with Gasteiger partial charge < -0.3 is 19.7 Å². The first-order valence-electron chi connectivity index (χ1n) is 15.9. The van der Waals surface area contributed by atoms with Crippen molar-refractivity contribution in [3.05, 3.63) is 168 Å². The fourth-order valence-electron chi connectivity index (χ4n) is 5.45. The Hall–Kier alpha value is -4.46. The van der Waals surface area contributed by atoms with E-state index in [1.165, 1.54) is 22.3 Å². The van der Waals surface area contributed by atoms with Crippen molar-refractivity contribution in [3.8, 4) is 11.5 Å². The Bertz CT molecular complexity index is 1320. The van der Waals surface area contributed by atoms with Crippen LogP contribution in [-0.2, 0) is 26.2 Å². The van der Waals surface area contributed by atoms with Gasteiger partial charge in [-0.1, -0.05) is 121 Å². The first-order chi connectivity index (χ1) is 22.6. The number of aliphatic hydroxyl groups excluding tert-OH is 2. The van der Waals surface area contributed by atoms with Gasteiger partial charge in [0.2, 0.25) is 0 Å². The Balaban J connectivity index is 1.08. The highest BCUT2D eigenvalue weighted by Gasteiger charge is 2.16. The van der Waals surface area contributed by atoms with Crippen LogP contribution >= 0.6 is 0 Å². The molecule has 0 fully saturated rings. The highest BCUT2D eigenvalue weighted by atomic mass is 16.5. The molecule has 5 aromatic rings. The van der Waals surface area contributed by atoms with E-state index in [4.69, 9.17) is 9.47 Å². The zero-order chi connectivity index (χ0) is 31.8. The minimum Gasteiger partial charge on any atom is -0.491 e. The highest BCUT2D eigenvalue weighted by Crippen LogP contribution is 2.19. The molecule has 0 saturated carbocycles. The third-order valence-electron chi connectivity index (χ3n) is 7.64. The number of hydrogen-bond donors (Lipinski definition) is 2. The summed E-state index contributed by atoms with van der Waals surface area (Å²) in [6, 6.07) is 48.5. The van der Waals surface area contributed by atoms with Gasteiger partial charge in [-0.25, -0.2) is 0 Å². The SMILES string of the molecule is OC(COc1ccc(OCC(O)CN(Cc2ccccc2)Cc2ccccc2)cc1)CN(Cc1ccccc1)Cc1ccccc1. The lowest BCUT2D eigenvalue weighted by atomic mass is 10.1. The first-order valence-corrected chi connectivity index (χ1v) is 15.9. The van der Waals surface area contributed by atoms with Crippen molar-refractivity contribution in [3.63, 3.8) is 0 Å². The molecule has 0 aliphatic carbocycles. The van der Waals surface area contributed by atoms with Gasteiger partial charge in [0.25, 0.3) is 0 Å². The van der Waals surface area contributed by atoms with Crippen LogP contribution in [0.5, 0.6) is 11.5 Å². The first kappa shape index (κ1) is 32.9. The summed E-state index contributed by atoms with van der Waals surface area (Å²) in [6.07, 6.45) is -1.32. The third-order valence-corrected chi connectivity index (χ3v) is 7.64. The third kappa shape index (κ3) is 11.5. The minimum absolute atomic E-state index is 0.178. The summed E-state index contributed by atoms with van der Waals surface area (Å²) in [5.74, 6) is 1.31. The molecule has 2 unspecified atom stereocenters. The lowest BCUT2D eigenvalue weighted by Gasteiger charge is -2.26. The standard InChI is InChI=1S/C40H44N2O4/c43-37(29-41(25-33-13-5-1-6-14-33)26-34-15-7-2-8-16-34)31-45-39-21-23-40(24-22-39)46-32-38(44)30-42(27-35-17-9-3-10-18-35)28-36-19-11-4-12-20-36/h1-24,37-38,43-44H,25-32H2. The van der Waals surface area contributed by atoms with Crippen molar-refractivity contribution in [1.82, 2.24) is 9.80 Å². The number of benzene rings is 5. The van der Waals surface area contributed by atoms with E-state index in [0.717, 1.165) is 26.2 Å². The Morgan fingerprint density at radius 2 is 0.652 bits per heavy atom. The van der Waals surface area contributed by atoms with Crippen LogP contribution in [0.15, 0.2) is 146 Å². The molecule has 0 amide bonds. The summed E-state index contributed by atoms with van der Waals surface area (Å²) in [7, 11) is 0. The maximum atomic E-state index is 10.9. The number of nitrogens with zero attached hydrogens (tertiary/aromatic N) is 2. The molecule has 6 nitrogen and oxygen atoms in total. The largest absolute Gasteiger partial charge is 0.491 e. The van der Waals surface area contributed by atoms with E-state index < -0.39 is 12.2 Å². The van der Waals surface area contributed by atoms with Crippen molar-refractivity contribution in [1.29, 1.82) is 0 Å². The summed E-state index contributed by atoms with van der Waals surface area (Å²) >= 11 is 0. The van der Waals surface area contributed by atoms with Crippen molar-refractivity contribution in [2.45, 2.75) is 38.4 Å². The summed E-state index contributed by atoms with van der Waals surface area (Å²) in [6.45, 7) is 4.27. The normalized spacial score (nSPS) is 12.6. The monoisotopic (exact) mass is 616 g/mol. The molecule has 0 spiro atoms. The average Bonchev–Trinajstić information content (AvgIpc) is 3.09. The molecule has 0 radical (unpaired) electrons. The summed E-state index contributed by atoms with van der Waals surface area (Å²) in [5.41, 5.74) is 4.81. The molecule has 0 aliphatic rings. The molecular weight excluding hydrogens is 572 g/mol. The molecule has 2 atom stereocenters. The predicted molar refractivity (Wildman–Crippen MR) is 183 cm³/mol. The second-order valence-corrected chi connectivity index (χ2v) is 11.7. The fourth-order valence-corrected chi connectivity index (χ4v) is 5.45. The number of ether oxygens (including phenoxy) is 2. The quantitative estimate of drug-likeness (QED) is 0.116. The van der Waals surface area contributed by atoms with E-state index in [-0.39, 0.29) is 13.2 Å². The average molecular weight is 617 g/mol. The van der Waals surface area contributed by atoms with E-state index in [1.807, 2.05) is 97.1 Å². The molecular formula is C40H44N2O4. The zero-order valence-corrected chi connectivity index (χ0v) is 26.3. The number of aliphatic hydroxyl groups is 2. The van der Waals surface area contributed by atoms with Gasteiger partial charge in [0.05, 0.1) is 0 Å². The van der Waals surface area contributed by atoms with Gasteiger partial charge in [0.1, 0.15) is 36.9 Å². The molecule has 46 heavy (non-hydrogen) atoms. The second kappa shape index (κ2) is 17.9. The summed E-state index contributed by atoms with van der Waals surface area (Å²) in [4.78, 5) is 4.48.